The molecule has 0 aromatic carbocycles. The lowest BCUT2D eigenvalue weighted by atomic mass is 10.3. The van der Waals surface area contributed by atoms with E-state index in [-0.39, 0.29) is 0 Å². The molecule has 0 amide bonds. The summed E-state index contributed by atoms with van der Waals surface area (Å²) >= 11 is 0. The molecular formula is C13H9N3O2. The molecule has 0 saturated carbocycles. The Hall–Kier alpha value is -2.69. The van der Waals surface area contributed by atoms with Crippen molar-refractivity contribution in [3.05, 3.63) is 54.6 Å². The second kappa shape index (κ2) is 4.67. The quantitative estimate of drug-likeness (QED) is 0.703. The maximum atomic E-state index is 5.49. The van der Waals surface area contributed by atoms with Crippen LogP contribution < -0.4 is 0 Å². The largest absolute Gasteiger partial charge is 0.465 e. The van der Waals surface area contributed by atoms with E-state index in [1.54, 1.807) is 30.8 Å². The van der Waals surface area contributed by atoms with Crippen molar-refractivity contribution in [1.29, 1.82) is 0 Å². The minimum absolute atomic E-state index is 0.429. The van der Waals surface area contributed by atoms with Gasteiger partial charge in [0.05, 0.1) is 6.26 Å². The molecule has 0 radical (unpaired) electrons. The molecule has 0 aliphatic heterocycles. The predicted molar refractivity (Wildman–Crippen MR) is 65.2 cm³/mol. The number of pyridine rings is 1. The molecule has 3 aromatic heterocycles. The van der Waals surface area contributed by atoms with Gasteiger partial charge in [-0.3, -0.25) is 4.98 Å². The Kier molecular flexibility index (Phi) is 2.71. The minimum atomic E-state index is 0.429. The summed E-state index contributed by atoms with van der Waals surface area (Å²) in [5.41, 5.74) is 0.843. The van der Waals surface area contributed by atoms with Gasteiger partial charge in [-0.1, -0.05) is 0 Å². The fraction of sp³-hybridized carbons (Fsp3) is 0. The molecule has 0 bridgehead atoms. The fourth-order valence-corrected chi connectivity index (χ4v) is 1.45. The molecule has 0 unspecified atom stereocenters. The van der Waals surface area contributed by atoms with Crippen LogP contribution in [0.4, 0.5) is 0 Å². The average molecular weight is 239 g/mol. The van der Waals surface area contributed by atoms with Crippen LogP contribution in [-0.4, -0.2) is 15.2 Å². The summed E-state index contributed by atoms with van der Waals surface area (Å²) in [5, 5.41) is 7.89. The maximum absolute atomic E-state index is 5.49. The molecule has 5 nitrogen and oxygen atoms in total. The average Bonchev–Trinajstić information content (AvgIpc) is 3.09. The Morgan fingerprint density at radius 1 is 1.00 bits per heavy atom. The Balaban J connectivity index is 1.82. The minimum Gasteiger partial charge on any atom is -0.465 e. The van der Waals surface area contributed by atoms with Gasteiger partial charge >= 0.3 is 0 Å². The SMILES string of the molecule is C(=C\c1nnc(-c2ccncc2)o1)/c1ccco1. The number of furan rings is 1. The zero-order chi connectivity index (χ0) is 12.2. The van der Waals surface area contributed by atoms with Crippen molar-refractivity contribution in [2.24, 2.45) is 0 Å². The summed E-state index contributed by atoms with van der Waals surface area (Å²) in [7, 11) is 0. The van der Waals surface area contributed by atoms with Gasteiger partial charge in [0.2, 0.25) is 11.8 Å². The lowest BCUT2D eigenvalue weighted by Gasteiger charge is -1.90. The van der Waals surface area contributed by atoms with E-state index in [1.807, 2.05) is 24.3 Å². The van der Waals surface area contributed by atoms with Crippen LogP contribution in [0.3, 0.4) is 0 Å². The second-order valence-corrected chi connectivity index (χ2v) is 3.53. The molecule has 18 heavy (non-hydrogen) atoms. The Bertz CT molecular complexity index is 642. The Morgan fingerprint density at radius 2 is 1.89 bits per heavy atom. The van der Waals surface area contributed by atoms with E-state index in [4.69, 9.17) is 8.83 Å². The van der Waals surface area contributed by atoms with Crippen LogP contribution in [0.15, 0.2) is 51.8 Å². The molecule has 88 valence electrons. The first-order valence-corrected chi connectivity index (χ1v) is 5.37. The number of nitrogens with zero attached hydrogens (tertiary/aromatic N) is 3. The molecular weight excluding hydrogens is 230 g/mol. The lowest BCUT2D eigenvalue weighted by Crippen LogP contribution is -1.77. The maximum Gasteiger partial charge on any atom is 0.248 e. The summed E-state index contributed by atoms with van der Waals surface area (Å²) in [6.45, 7) is 0. The third-order valence-electron chi connectivity index (χ3n) is 2.30. The molecule has 3 aromatic rings. The van der Waals surface area contributed by atoms with Crippen LogP contribution >= 0.6 is 0 Å². The van der Waals surface area contributed by atoms with E-state index < -0.39 is 0 Å². The zero-order valence-corrected chi connectivity index (χ0v) is 9.35. The van der Waals surface area contributed by atoms with Crippen LogP contribution in [0.2, 0.25) is 0 Å². The molecule has 0 fully saturated rings. The van der Waals surface area contributed by atoms with E-state index in [9.17, 15) is 0 Å². The second-order valence-electron chi connectivity index (χ2n) is 3.53. The fourth-order valence-electron chi connectivity index (χ4n) is 1.45. The number of hydrogen-bond donors (Lipinski definition) is 0. The molecule has 3 rings (SSSR count). The van der Waals surface area contributed by atoms with Crippen molar-refractivity contribution in [1.82, 2.24) is 15.2 Å². The topological polar surface area (TPSA) is 65.0 Å². The summed E-state index contributed by atoms with van der Waals surface area (Å²) in [6, 6.07) is 7.29. The first kappa shape index (κ1) is 10.5. The van der Waals surface area contributed by atoms with Gasteiger partial charge in [0.15, 0.2) is 0 Å². The van der Waals surface area contributed by atoms with E-state index in [0.29, 0.717) is 11.8 Å². The van der Waals surface area contributed by atoms with E-state index in [2.05, 4.69) is 15.2 Å². The van der Waals surface area contributed by atoms with Crippen LogP contribution in [-0.2, 0) is 0 Å². The van der Waals surface area contributed by atoms with E-state index in [1.165, 1.54) is 0 Å². The highest BCUT2D eigenvalue weighted by Gasteiger charge is 2.05. The molecule has 5 heteroatoms. The van der Waals surface area contributed by atoms with Crippen molar-refractivity contribution >= 4 is 12.2 Å². The van der Waals surface area contributed by atoms with Crippen LogP contribution in [0.25, 0.3) is 23.6 Å². The Labute approximate surface area is 103 Å². The van der Waals surface area contributed by atoms with Gasteiger partial charge in [0.25, 0.3) is 0 Å². The lowest BCUT2D eigenvalue weighted by molar-refractivity contribution is 0.552. The van der Waals surface area contributed by atoms with Crippen molar-refractivity contribution in [2.45, 2.75) is 0 Å². The molecule has 0 aliphatic rings. The summed E-state index contributed by atoms with van der Waals surface area (Å²) < 4.78 is 10.7. The summed E-state index contributed by atoms with van der Waals surface area (Å²) in [4.78, 5) is 3.93. The molecule has 0 N–H and O–H groups in total. The number of hydrogen-bond acceptors (Lipinski definition) is 5. The van der Waals surface area contributed by atoms with Crippen molar-refractivity contribution in [2.75, 3.05) is 0 Å². The predicted octanol–water partition coefficient (Wildman–Crippen LogP) is 2.90. The van der Waals surface area contributed by atoms with E-state index >= 15 is 0 Å². The summed E-state index contributed by atoms with van der Waals surface area (Å²) in [5.74, 6) is 1.63. The number of rotatable bonds is 3. The van der Waals surface area contributed by atoms with E-state index in [0.717, 1.165) is 11.3 Å². The highest BCUT2D eigenvalue weighted by atomic mass is 16.4. The van der Waals surface area contributed by atoms with Gasteiger partial charge in [-0.15, -0.1) is 10.2 Å². The summed E-state index contributed by atoms with van der Waals surface area (Å²) in [6.07, 6.45) is 8.44. The smallest absolute Gasteiger partial charge is 0.248 e. The molecule has 0 atom stereocenters. The van der Waals surface area contributed by atoms with Gasteiger partial charge in [-0.25, -0.2) is 0 Å². The first-order valence-electron chi connectivity index (χ1n) is 5.37. The molecule has 0 spiro atoms. The number of aromatic nitrogens is 3. The van der Waals surface area contributed by atoms with Gasteiger partial charge in [0.1, 0.15) is 5.76 Å². The monoisotopic (exact) mass is 239 g/mol. The van der Waals surface area contributed by atoms with Crippen LogP contribution in [0.5, 0.6) is 0 Å². The van der Waals surface area contributed by atoms with Crippen molar-refractivity contribution < 1.29 is 8.83 Å². The highest BCUT2D eigenvalue weighted by molar-refractivity contribution is 5.63. The van der Waals surface area contributed by atoms with Crippen LogP contribution in [0, 0.1) is 0 Å². The van der Waals surface area contributed by atoms with Gasteiger partial charge in [-0.2, -0.15) is 0 Å². The molecule has 3 heterocycles. The van der Waals surface area contributed by atoms with Gasteiger partial charge in [-0.05, 0) is 30.3 Å². The standard InChI is InChI=1S/C13H9N3O2/c1-2-11(17-9-1)3-4-12-15-16-13(18-12)10-5-7-14-8-6-10/h1-9H/b4-3+. The third-order valence-corrected chi connectivity index (χ3v) is 2.30. The third kappa shape index (κ3) is 2.20. The van der Waals surface area contributed by atoms with Crippen molar-refractivity contribution in [3.8, 4) is 11.5 Å². The molecule has 0 saturated heterocycles. The van der Waals surface area contributed by atoms with Gasteiger partial charge < -0.3 is 8.83 Å². The molecule has 0 aliphatic carbocycles. The highest BCUT2D eigenvalue weighted by Crippen LogP contribution is 2.17. The zero-order valence-electron chi connectivity index (χ0n) is 9.35. The Morgan fingerprint density at radius 3 is 2.67 bits per heavy atom. The van der Waals surface area contributed by atoms with Gasteiger partial charge in [0, 0.05) is 24.0 Å². The first-order chi connectivity index (χ1) is 8.92. The van der Waals surface area contributed by atoms with Crippen molar-refractivity contribution in [3.63, 3.8) is 0 Å². The van der Waals surface area contributed by atoms with Crippen LogP contribution in [0.1, 0.15) is 11.7 Å². The normalized spacial score (nSPS) is 11.1.